The highest BCUT2D eigenvalue weighted by molar-refractivity contribution is 14.1. The minimum absolute atomic E-state index is 0.0231. The zero-order valence-electron chi connectivity index (χ0n) is 11.5. The lowest BCUT2D eigenvalue weighted by Gasteiger charge is -2.22. The van der Waals surface area contributed by atoms with Crippen LogP contribution < -0.4 is 0 Å². The lowest BCUT2D eigenvalue weighted by molar-refractivity contribution is -0.0791. The summed E-state index contributed by atoms with van der Waals surface area (Å²) in [4.78, 5) is 7.79. The van der Waals surface area contributed by atoms with E-state index in [4.69, 9.17) is 13.3 Å². The highest BCUT2D eigenvalue weighted by Crippen LogP contribution is 2.23. The van der Waals surface area contributed by atoms with Gasteiger partial charge in [-0.05, 0) is 0 Å². The maximum atomic E-state index is 10.0. The molecule has 10 heteroatoms. The Morgan fingerprint density at radius 1 is 1.00 bits per heavy atom. The first-order valence-corrected chi connectivity index (χ1v) is 7.37. The van der Waals surface area contributed by atoms with Gasteiger partial charge in [0, 0.05) is 13.0 Å². The van der Waals surface area contributed by atoms with Gasteiger partial charge in [-0.3, -0.25) is 9.97 Å². The summed E-state index contributed by atoms with van der Waals surface area (Å²) >= 11 is 1.61. The topological polar surface area (TPSA) is 156 Å². The first kappa shape index (κ1) is 19.6. The van der Waals surface area contributed by atoms with Gasteiger partial charge < -0.3 is 33.7 Å². The number of aliphatic hydroxyl groups excluding tert-OH is 6. The molecule has 1 rings (SSSR count). The summed E-state index contributed by atoms with van der Waals surface area (Å²) in [6.07, 6.45) is -3.90. The van der Waals surface area contributed by atoms with Crippen molar-refractivity contribution in [2.45, 2.75) is 36.9 Å². The van der Waals surface area contributed by atoms with Crippen LogP contribution in [0.25, 0.3) is 0 Å². The first-order chi connectivity index (χ1) is 10.5. The smallest absolute Gasteiger partial charge is 0.126 e. The standard InChI is InChI=1S/C12H19IN2O7/c13-22-9(1-2-16)10(19)6-3-15-7(4-14-6)11(20)12(21)8(18)5-17/h3-4,8-12,16-21H,1-2,5H2/t8-,9?,10-,11-,12-/m1/s1. The van der Waals surface area contributed by atoms with Gasteiger partial charge in [-0.15, -0.1) is 0 Å². The molecule has 0 fully saturated rings. The minimum Gasteiger partial charge on any atom is -0.396 e. The largest absolute Gasteiger partial charge is 0.396 e. The minimum atomic E-state index is -1.62. The zero-order chi connectivity index (χ0) is 16.7. The summed E-state index contributed by atoms with van der Waals surface area (Å²) in [5.74, 6) is 0. The van der Waals surface area contributed by atoms with Crippen LogP contribution in [0.3, 0.4) is 0 Å². The van der Waals surface area contributed by atoms with Crippen LogP contribution in [0.1, 0.15) is 30.0 Å². The third-order valence-electron chi connectivity index (χ3n) is 3.08. The molecule has 1 heterocycles. The Bertz CT molecular complexity index is 409. The second kappa shape index (κ2) is 9.62. The number of hydrogen-bond donors (Lipinski definition) is 6. The van der Waals surface area contributed by atoms with Gasteiger partial charge in [0.1, 0.15) is 53.5 Å². The van der Waals surface area contributed by atoms with Gasteiger partial charge in [0.2, 0.25) is 0 Å². The maximum absolute atomic E-state index is 10.0. The van der Waals surface area contributed by atoms with Gasteiger partial charge in [-0.2, -0.15) is 0 Å². The molecule has 6 N–H and O–H groups in total. The van der Waals surface area contributed by atoms with Crippen LogP contribution in [0.2, 0.25) is 0 Å². The van der Waals surface area contributed by atoms with E-state index in [1.165, 1.54) is 6.20 Å². The van der Waals surface area contributed by atoms with Crippen molar-refractivity contribution in [2.24, 2.45) is 0 Å². The normalized spacial score (nSPS) is 18.5. The summed E-state index contributed by atoms with van der Waals surface area (Å²) in [5.41, 5.74) is 0.147. The van der Waals surface area contributed by atoms with Crippen molar-refractivity contribution in [3.8, 4) is 0 Å². The van der Waals surface area contributed by atoms with E-state index in [1.807, 2.05) is 0 Å². The van der Waals surface area contributed by atoms with E-state index >= 15 is 0 Å². The second-order valence-corrected chi connectivity index (χ2v) is 5.14. The molecule has 1 aromatic rings. The summed E-state index contributed by atoms with van der Waals surface area (Å²) in [6, 6.07) is 0. The summed E-state index contributed by atoms with van der Waals surface area (Å²) in [5, 5.41) is 56.3. The van der Waals surface area contributed by atoms with Crippen molar-refractivity contribution in [3.05, 3.63) is 23.8 Å². The Labute approximate surface area is 140 Å². The van der Waals surface area contributed by atoms with Gasteiger partial charge >= 0.3 is 0 Å². The van der Waals surface area contributed by atoms with E-state index in [9.17, 15) is 20.4 Å². The lowest BCUT2D eigenvalue weighted by Crippen LogP contribution is -2.35. The van der Waals surface area contributed by atoms with Crippen LogP contribution in [-0.4, -0.2) is 72.1 Å². The van der Waals surface area contributed by atoms with Gasteiger partial charge in [-0.25, -0.2) is 0 Å². The number of aliphatic hydroxyl groups is 6. The Morgan fingerprint density at radius 2 is 1.55 bits per heavy atom. The Balaban J connectivity index is 2.81. The molecule has 0 amide bonds. The van der Waals surface area contributed by atoms with Crippen LogP contribution in [0.5, 0.6) is 0 Å². The SMILES string of the molecule is OCCC(OI)[C@H](O)c1cnc([C@@H](O)[C@H](O)[C@H](O)CO)cn1. The molecular weight excluding hydrogens is 411 g/mol. The van der Waals surface area contributed by atoms with Crippen LogP contribution in [0.4, 0.5) is 0 Å². The second-order valence-electron chi connectivity index (χ2n) is 4.64. The molecule has 1 unspecified atom stereocenters. The molecule has 0 radical (unpaired) electrons. The molecule has 0 bridgehead atoms. The van der Waals surface area contributed by atoms with Crippen molar-refractivity contribution in [2.75, 3.05) is 13.2 Å². The molecule has 9 nitrogen and oxygen atoms in total. The molecule has 0 spiro atoms. The Hall–Kier alpha value is -0.470. The monoisotopic (exact) mass is 430 g/mol. The Morgan fingerprint density at radius 3 is 1.95 bits per heavy atom. The molecule has 22 heavy (non-hydrogen) atoms. The lowest BCUT2D eigenvalue weighted by atomic mass is 10.1. The quantitative estimate of drug-likeness (QED) is 0.253. The van der Waals surface area contributed by atoms with E-state index in [2.05, 4.69) is 9.97 Å². The predicted octanol–water partition coefficient (Wildman–Crippen LogP) is -1.62. The number of aromatic nitrogens is 2. The van der Waals surface area contributed by atoms with Crippen LogP contribution in [-0.2, 0) is 3.07 Å². The third-order valence-corrected chi connectivity index (χ3v) is 3.74. The zero-order valence-corrected chi connectivity index (χ0v) is 13.7. The molecule has 0 aliphatic carbocycles. The fourth-order valence-electron chi connectivity index (χ4n) is 1.72. The fourth-order valence-corrected chi connectivity index (χ4v) is 2.25. The molecule has 0 aliphatic rings. The van der Waals surface area contributed by atoms with E-state index in [0.717, 1.165) is 6.20 Å². The number of nitrogens with zero attached hydrogens (tertiary/aromatic N) is 2. The summed E-state index contributed by atoms with van der Waals surface area (Å²) in [7, 11) is 0. The van der Waals surface area contributed by atoms with Crippen molar-refractivity contribution in [3.63, 3.8) is 0 Å². The van der Waals surface area contributed by atoms with Crippen molar-refractivity contribution in [1.82, 2.24) is 9.97 Å². The molecule has 0 saturated carbocycles. The van der Waals surface area contributed by atoms with Crippen LogP contribution >= 0.6 is 23.0 Å². The highest BCUT2D eigenvalue weighted by Gasteiger charge is 2.28. The average Bonchev–Trinajstić information content (AvgIpc) is 2.57. The van der Waals surface area contributed by atoms with E-state index < -0.39 is 37.1 Å². The number of hydrogen-bond acceptors (Lipinski definition) is 9. The molecule has 0 aliphatic heterocycles. The molecule has 5 atom stereocenters. The summed E-state index contributed by atoms with van der Waals surface area (Å²) in [6.45, 7) is -0.877. The van der Waals surface area contributed by atoms with Gasteiger partial charge in [-0.1, -0.05) is 0 Å². The van der Waals surface area contributed by atoms with E-state index in [1.54, 1.807) is 23.0 Å². The molecule has 0 aromatic carbocycles. The maximum Gasteiger partial charge on any atom is 0.126 e. The van der Waals surface area contributed by atoms with Crippen molar-refractivity contribution in [1.29, 1.82) is 0 Å². The fraction of sp³-hybridized carbons (Fsp3) is 0.667. The van der Waals surface area contributed by atoms with Gasteiger partial charge in [0.05, 0.1) is 30.4 Å². The van der Waals surface area contributed by atoms with Crippen LogP contribution in [0, 0.1) is 0 Å². The average molecular weight is 430 g/mol. The highest BCUT2D eigenvalue weighted by atomic mass is 127. The molecular formula is C12H19IN2O7. The van der Waals surface area contributed by atoms with Crippen molar-refractivity contribution < 1.29 is 33.7 Å². The first-order valence-electron chi connectivity index (χ1n) is 6.49. The van der Waals surface area contributed by atoms with Gasteiger partial charge in [0.25, 0.3) is 0 Å². The van der Waals surface area contributed by atoms with E-state index in [-0.39, 0.29) is 24.4 Å². The Kier molecular flexibility index (Phi) is 8.56. The number of rotatable bonds is 9. The molecule has 0 saturated heterocycles. The van der Waals surface area contributed by atoms with E-state index in [0.29, 0.717) is 0 Å². The van der Waals surface area contributed by atoms with Crippen LogP contribution in [0.15, 0.2) is 12.4 Å². The predicted molar refractivity (Wildman–Crippen MR) is 81.6 cm³/mol. The molecule has 1 aromatic heterocycles. The summed E-state index contributed by atoms with van der Waals surface area (Å²) < 4.78 is 5.01. The number of halogens is 1. The van der Waals surface area contributed by atoms with Gasteiger partial charge in [0.15, 0.2) is 0 Å². The molecule has 126 valence electrons. The third kappa shape index (κ3) is 5.03. The van der Waals surface area contributed by atoms with Crippen molar-refractivity contribution >= 4 is 23.0 Å².